The second kappa shape index (κ2) is 7.28. The summed E-state index contributed by atoms with van der Waals surface area (Å²) in [7, 11) is 1.59. The standard InChI is InChI=1S/C14H19BrN2O3/c1-9(13(18)19)8-17(3)14(20)16-10(2)11-4-6-12(15)7-5-11/h4-7,9-10H,8H2,1-3H3,(H,16,20)(H,18,19)/t9?,10-/m0/s1. The summed E-state index contributed by atoms with van der Waals surface area (Å²) in [4.78, 5) is 24.1. The third-order valence-corrected chi connectivity index (χ3v) is 3.55. The molecule has 0 bridgehead atoms. The third kappa shape index (κ3) is 4.85. The predicted octanol–water partition coefficient (Wildman–Crippen LogP) is 2.87. The van der Waals surface area contributed by atoms with Crippen LogP contribution in [0.15, 0.2) is 28.7 Å². The number of nitrogens with one attached hydrogen (secondary N) is 1. The Labute approximate surface area is 127 Å². The summed E-state index contributed by atoms with van der Waals surface area (Å²) in [6.45, 7) is 3.63. The van der Waals surface area contributed by atoms with Gasteiger partial charge in [-0.15, -0.1) is 0 Å². The Morgan fingerprint density at radius 1 is 1.30 bits per heavy atom. The number of nitrogens with zero attached hydrogens (tertiary/aromatic N) is 1. The molecule has 0 aliphatic carbocycles. The first kappa shape index (κ1) is 16.5. The Hall–Kier alpha value is -1.56. The minimum absolute atomic E-state index is 0.141. The van der Waals surface area contributed by atoms with Gasteiger partial charge in [-0.25, -0.2) is 4.79 Å². The molecule has 0 saturated heterocycles. The first-order valence-corrected chi connectivity index (χ1v) is 7.10. The maximum absolute atomic E-state index is 12.0. The van der Waals surface area contributed by atoms with Crippen LogP contribution in [0, 0.1) is 5.92 Å². The average molecular weight is 343 g/mol. The van der Waals surface area contributed by atoms with Crippen LogP contribution in [0.25, 0.3) is 0 Å². The largest absolute Gasteiger partial charge is 0.481 e. The van der Waals surface area contributed by atoms with Crippen LogP contribution in [0.3, 0.4) is 0 Å². The lowest BCUT2D eigenvalue weighted by molar-refractivity contribution is -0.141. The molecule has 5 nitrogen and oxygen atoms in total. The van der Waals surface area contributed by atoms with Gasteiger partial charge in [-0.05, 0) is 24.6 Å². The smallest absolute Gasteiger partial charge is 0.317 e. The molecule has 0 spiro atoms. The highest BCUT2D eigenvalue weighted by atomic mass is 79.9. The fraction of sp³-hybridized carbons (Fsp3) is 0.429. The van der Waals surface area contributed by atoms with Gasteiger partial charge in [0.15, 0.2) is 0 Å². The normalized spacial score (nSPS) is 13.4. The summed E-state index contributed by atoms with van der Waals surface area (Å²) < 4.78 is 0.979. The molecule has 6 heteroatoms. The van der Waals surface area contributed by atoms with E-state index < -0.39 is 11.9 Å². The van der Waals surface area contributed by atoms with Gasteiger partial charge in [0.25, 0.3) is 0 Å². The second-order valence-electron chi connectivity index (χ2n) is 4.84. The summed E-state index contributed by atoms with van der Waals surface area (Å²) in [6.07, 6.45) is 0. The number of carboxylic acids is 1. The molecule has 0 heterocycles. The van der Waals surface area contributed by atoms with Crippen molar-refractivity contribution < 1.29 is 14.7 Å². The fourth-order valence-electron chi connectivity index (χ4n) is 1.70. The van der Waals surface area contributed by atoms with Crippen molar-refractivity contribution >= 4 is 27.9 Å². The van der Waals surface area contributed by atoms with Crippen molar-refractivity contribution in [2.75, 3.05) is 13.6 Å². The number of amides is 2. The van der Waals surface area contributed by atoms with Crippen molar-refractivity contribution in [2.45, 2.75) is 19.9 Å². The van der Waals surface area contributed by atoms with Crippen molar-refractivity contribution in [3.63, 3.8) is 0 Å². The number of rotatable bonds is 5. The van der Waals surface area contributed by atoms with E-state index >= 15 is 0 Å². The van der Waals surface area contributed by atoms with Crippen molar-refractivity contribution in [3.05, 3.63) is 34.3 Å². The van der Waals surface area contributed by atoms with Crippen molar-refractivity contribution in [2.24, 2.45) is 5.92 Å². The van der Waals surface area contributed by atoms with Crippen molar-refractivity contribution in [1.29, 1.82) is 0 Å². The zero-order chi connectivity index (χ0) is 15.3. The topological polar surface area (TPSA) is 69.6 Å². The molecular formula is C14H19BrN2O3. The van der Waals surface area contributed by atoms with Gasteiger partial charge in [-0.3, -0.25) is 4.79 Å². The minimum Gasteiger partial charge on any atom is -0.481 e. The van der Waals surface area contributed by atoms with Crippen LogP contribution in [-0.2, 0) is 4.79 Å². The van der Waals surface area contributed by atoms with Gasteiger partial charge < -0.3 is 15.3 Å². The van der Waals surface area contributed by atoms with E-state index in [2.05, 4.69) is 21.2 Å². The Kier molecular flexibility index (Phi) is 6.01. The fourth-order valence-corrected chi connectivity index (χ4v) is 1.97. The van der Waals surface area contributed by atoms with E-state index in [-0.39, 0.29) is 18.6 Å². The molecule has 1 unspecified atom stereocenters. The lowest BCUT2D eigenvalue weighted by atomic mass is 10.1. The van der Waals surface area contributed by atoms with Crippen LogP contribution < -0.4 is 5.32 Å². The lowest BCUT2D eigenvalue weighted by Gasteiger charge is -2.23. The average Bonchev–Trinajstić information content (AvgIpc) is 2.38. The molecule has 20 heavy (non-hydrogen) atoms. The van der Waals surface area contributed by atoms with Gasteiger partial charge in [-0.1, -0.05) is 35.0 Å². The summed E-state index contributed by atoms with van der Waals surface area (Å²) in [5.74, 6) is -1.50. The molecule has 0 fully saturated rings. The highest BCUT2D eigenvalue weighted by molar-refractivity contribution is 9.10. The first-order valence-electron chi connectivity index (χ1n) is 6.31. The first-order chi connectivity index (χ1) is 9.31. The van der Waals surface area contributed by atoms with Crippen LogP contribution in [-0.4, -0.2) is 35.6 Å². The van der Waals surface area contributed by atoms with Gasteiger partial charge >= 0.3 is 12.0 Å². The molecule has 0 aromatic heterocycles. The number of aliphatic carboxylic acids is 1. The second-order valence-corrected chi connectivity index (χ2v) is 5.76. The zero-order valence-corrected chi connectivity index (χ0v) is 13.3. The summed E-state index contributed by atoms with van der Waals surface area (Å²) >= 11 is 3.36. The van der Waals surface area contributed by atoms with Crippen LogP contribution in [0.5, 0.6) is 0 Å². The van der Waals surface area contributed by atoms with Gasteiger partial charge in [0.2, 0.25) is 0 Å². The van der Waals surface area contributed by atoms with Crippen molar-refractivity contribution in [3.8, 4) is 0 Å². The van der Waals surface area contributed by atoms with E-state index in [0.29, 0.717) is 0 Å². The minimum atomic E-state index is -0.911. The Morgan fingerprint density at radius 2 is 1.85 bits per heavy atom. The number of halogens is 1. The van der Waals surface area contributed by atoms with Crippen molar-refractivity contribution in [1.82, 2.24) is 10.2 Å². The van der Waals surface area contributed by atoms with Gasteiger partial charge in [-0.2, -0.15) is 0 Å². The van der Waals surface area contributed by atoms with Crippen LogP contribution in [0.4, 0.5) is 4.79 Å². The molecule has 2 amide bonds. The van der Waals surface area contributed by atoms with E-state index in [0.717, 1.165) is 10.0 Å². The molecule has 1 rings (SSSR count). The molecule has 0 saturated carbocycles. The summed E-state index contributed by atoms with van der Waals surface area (Å²) in [5, 5.41) is 11.7. The molecule has 0 aliphatic heterocycles. The SMILES string of the molecule is CC(CN(C)C(=O)N[C@@H](C)c1ccc(Br)cc1)C(=O)O. The van der Waals surface area contributed by atoms with E-state index in [1.165, 1.54) is 4.90 Å². The van der Waals surface area contributed by atoms with Gasteiger partial charge in [0.05, 0.1) is 12.0 Å². The lowest BCUT2D eigenvalue weighted by Crippen LogP contribution is -2.41. The van der Waals surface area contributed by atoms with E-state index in [4.69, 9.17) is 5.11 Å². The highest BCUT2D eigenvalue weighted by Crippen LogP contribution is 2.16. The monoisotopic (exact) mass is 342 g/mol. The number of carboxylic acid groups (broad SMARTS) is 1. The molecular weight excluding hydrogens is 324 g/mol. The summed E-state index contributed by atoms with van der Waals surface area (Å²) in [6, 6.07) is 7.25. The zero-order valence-electron chi connectivity index (χ0n) is 11.8. The Bertz CT molecular complexity index is 476. The number of hydrogen-bond donors (Lipinski definition) is 2. The number of benzene rings is 1. The Morgan fingerprint density at radius 3 is 2.35 bits per heavy atom. The predicted molar refractivity (Wildman–Crippen MR) is 80.5 cm³/mol. The molecule has 2 atom stereocenters. The third-order valence-electron chi connectivity index (χ3n) is 3.03. The van der Waals surface area contributed by atoms with E-state index in [1.54, 1.807) is 14.0 Å². The maximum Gasteiger partial charge on any atom is 0.317 e. The quantitative estimate of drug-likeness (QED) is 0.864. The van der Waals surface area contributed by atoms with Crippen LogP contribution in [0.1, 0.15) is 25.5 Å². The van der Waals surface area contributed by atoms with Gasteiger partial charge in [0, 0.05) is 18.1 Å². The molecule has 0 aliphatic rings. The number of carbonyl (C=O) groups excluding carboxylic acids is 1. The summed E-state index contributed by atoms with van der Waals surface area (Å²) in [5.41, 5.74) is 0.987. The number of urea groups is 1. The molecule has 110 valence electrons. The molecule has 1 aromatic carbocycles. The Balaban J connectivity index is 2.56. The molecule has 1 aromatic rings. The highest BCUT2D eigenvalue weighted by Gasteiger charge is 2.18. The van der Waals surface area contributed by atoms with E-state index in [1.807, 2.05) is 31.2 Å². The number of hydrogen-bond acceptors (Lipinski definition) is 2. The maximum atomic E-state index is 12.0. The molecule has 0 radical (unpaired) electrons. The van der Waals surface area contributed by atoms with E-state index in [9.17, 15) is 9.59 Å². The molecule has 2 N–H and O–H groups in total. The van der Waals surface area contributed by atoms with Crippen LogP contribution in [0.2, 0.25) is 0 Å². The van der Waals surface area contributed by atoms with Crippen LogP contribution >= 0.6 is 15.9 Å². The van der Waals surface area contributed by atoms with Gasteiger partial charge in [0.1, 0.15) is 0 Å². The number of carbonyl (C=O) groups is 2.